The molecule has 176 valence electrons. The molecule has 4 rings (SSSR count). The SMILES string of the molecule is CS(=O)(=O)Cc1cccc(S(=O)(=O)NC(=O)c2[nH]c3ccc(Cl)cc3c2-c2ccc[nH]c2=O)c1. The van der Waals surface area contributed by atoms with Crippen molar-refractivity contribution in [2.75, 3.05) is 6.26 Å². The second-order valence-electron chi connectivity index (χ2n) is 7.63. The maximum atomic E-state index is 13.1. The number of sulfone groups is 1. The number of fused-ring (bicyclic) bond motifs is 1. The minimum Gasteiger partial charge on any atom is -0.350 e. The van der Waals surface area contributed by atoms with Gasteiger partial charge in [0.2, 0.25) is 0 Å². The van der Waals surface area contributed by atoms with Gasteiger partial charge in [-0.05, 0) is 48.0 Å². The number of aromatic amines is 2. The number of aromatic nitrogens is 2. The van der Waals surface area contributed by atoms with E-state index in [9.17, 15) is 26.4 Å². The van der Waals surface area contributed by atoms with Crippen LogP contribution < -0.4 is 10.3 Å². The first-order chi connectivity index (χ1) is 15.9. The first kappa shape index (κ1) is 23.7. The van der Waals surface area contributed by atoms with Gasteiger partial charge in [-0.15, -0.1) is 0 Å². The van der Waals surface area contributed by atoms with Crippen molar-refractivity contribution in [2.45, 2.75) is 10.6 Å². The Hall–Kier alpha value is -3.41. The molecule has 0 aliphatic carbocycles. The molecule has 0 saturated carbocycles. The molecular formula is C22H18ClN3O6S2. The van der Waals surface area contributed by atoms with Crippen LogP contribution in [0.15, 0.2) is 70.5 Å². The summed E-state index contributed by atoms with van der Waals surface area (Å²) in [6, 6.07) is 13.1. The van der Waals surface area contributed by atoms with E-state index < -0.39 is 31.3 Å². The summed E-state index contributed by atoms with van der Waals surface area (Å²) in [6.07, 6.45) is 2.46. The van der Waals surface area contributed by atoms with Crippen molar-refractivity contribution in [1.82, 2.24) is 14.7 Å². The van der Waals surface area contributed by atoms with E-state index in [1.54, 1.807) is 24.3 Å². The summed E-state index contributed by atoms with van der Waals surface area (Å²) in [7, 11) is -7.76. The summed E-state index contributed by atoms with van der Waals surface area (Å²) in [5, 5.41) is 0.823. The Balaban J connectivity index is 1.79. The smallest absolute Gasteiger partial charge is 0.282 e. The minimum atomic E-state index is -4.37. The largest absolute Gasteiger partial charge is 0.350 e. The fraction of sp³-hybridized carbons (Fsp3) is 0.0909. The van der Waals surface area contributed by atoms with E-state index in [1.807, 2.05) is 4.72 Å². The van der Waals surface area contributed by atoms with Gasteiger partial charge in [0.05, 0.1) is 10.6 Å². The number of nitrogens with one attached hydrogen (secondary N) is 3. The number of rotatable bonds is 6. The molecular weight excluding hydrogens is 502 g/mol. The molecule has 0 bridgehead atoms. The predicted molar refractivity (Wildman–Crippen MR) is 129 cm³/mol. The maximum Gasteiger partial charge on any atom is 0.282 e. The highest BCUT2D eigenvalue weighted by molar-refractivity contribution is 7.90. The highest BCUT2D eigenvalue weighted by Crippen LogP contribution is 2.32. The number of halogens is 1. The minimum absolute atomic E-state index is 0.147. The lowest BCUT2D eigenvalue weighted by molar-refractivity contribution is 0.0978. The van der Waals surface area contributed by atoms with Gasteiger partial charge in [-0.1, -0.05) is 23.7 Å². The number of carbonyl (C=O) groups is 1. The topological polar surface area (TPSA) is 146 Å². The summed E-state index contributed by atoms with van der Waals surface area (Å²) < 4.78 is 51.0. The van der Waals surface area contributed by atoms with Crippen LogP contribution in [0.1, 0.15) is 16.1 Å². The van der Waals surface area contributed by atoms with Gasteiger partial charge in [0, 0.05) is 39.5 Å². The average Bonchev–Trinajstić information content (AvgIpc) is 3.11. The molecule has 0 fully saturated rings. The summed E-state index contributed by atoms with van der Waals surface area (Å²) in [6.45, 7) is 0. The fourth-order valence-electron chi connectivity index (χ4n) is 3.57. The maximum absolute atomic E-state index is 13.1. The monoisotopic (exact) mass is 519 g/mol. The molecule has 12 heteroatoms. The van der Waals surface area contributed by atoms with Gasteiger partial charge in [0.15, 0.2) is 9.84 Å². The second kappa shape index (κ2) is 8.75. The molecule has 0 saturated heterocycles. The zero-order chi connectivity index (χ0) is 24.7. The van der Waals surface area contributed by atoms with Crippen LogP contribution in [0.5, 0.6) is 0 Å². The molecule has 2 aromatic heterocycles. The zero-order valence-corrected chi connectivity index (χ0v) is 20.0. The van der Waals surface area contributed by atoms with E-state index in [4.69, 9.17) is 11.6 Å². The molecule has 0 aliphatic rings. The number of hydrogen-bond acceptors (Lipinski definition) is 6. The third kappa shape index (κ3) is 4.91. The van der Waals surface area contributed by atoms with Gasteiger partial charge in [-0.2, -0.15) is 0 Å². The normalized spacial score (nSPS) is 12.1. The molecule has 34 heavy (non-hydrogen) atoms. The van der Waals surface area contributed by atoms with Crippen LogP contribution in [-0.4, -0.2) is 39.0 Å². The molecule has 2 heterocycles. The molecule has 0 atom stereocenters. The van der Waals surface area contributed by atoms with Crippen molar-refractivity contribution in [2.24, 2.45) is 0 Å². The van der Waals surface area contributed by atoms with Crippen molar-refractivity contribution in [3.63, 3.8) is 0 Å². The van der Waals surface area contributed by atoms with Crippen molar-refractivity contribution in [1.29, 1.82) is 0 Å². The van der Waals surface area contributed by atoms with Crippen LogP contribution in [0.25, 0.3) is 22.0 Å². The van der Waals surface area contributed by atoms with E-state index in [-0.39, 0.29) is 33.0 Å². The highest BCUT2D eigenvalue weighted by Gasteiger charge is 2.26. The third-order valence-electron chi connectivity index (χ3n) is 4.94. The van der Waals surface area contributed by atoms with Crippen LogP contribution in [0, 0.1) is 0 Å². The molecule has 2 aromatic carbocycles. The third-order valence-corrected chi connectivity index (χ3v) is 7.36. The van der Waals surface area contributed by atoms with Crippen LogP contribution in [0.4, 0.5) is 0 Å². The lowest BCUT2D eigenvalue weighted by atomic mass is 10.0. The van der Waals surface area contributed by atoms with Crippen molar-refractivity contribution in [3.8, 4) is 11.1 Å². The predicted octanol–water partition coefficient (Wildman–Crippen LogP) is 2.84. The van der Waals surface area contributed by atoms with Gasteiger partial charge in [0.25, 0.3) is 21.5 Å². The number of carbonyl (C=O) groups excluding carboxylic acids is 1. The summed E-state index contributed by atoms with van der Waals surface area (Å²) >= 11 is 6.11. The van der Waals surface area contributed by atoms with E-state index in [2.05, 4.69) is 9.97 Å². The van der Waals surface area contributed by atoms with Crippen LogP contribution in [0.3, 0.4) is 0 Å². The summed E-state index contributed by atoms with van der Waals surface area (Å²) in [5.41, 5.74) is 0.445. The number of benzene rings is 2. The van der Waals surface area contributed by atoms with E-state index >= 15 is 0 Å². The molecule has 9 nitrogen and oxygen atoms in total. The lowest BCUT2D eigenvalue weighted by Gasteiger charge is -2.09. The lowest BCUT2D eigenvalue weighted by Crippen LogP contribution is -2.31. The Morgan fingerprint density at radius 2 is 1.79 bits per heavy atom. The summed E-state index contributed by atoms with van der Waals surface area (Å²) in [5.74, 6) is -1.35. The second-order valence-corrected chi connectivity index (χ2v) is 11.9. The van der Waals surface area contributed by atoms with Crippen LogP contribution in [0.2, 0.25) is 5.02 Å². The molecule has 0 aliphatic heterocycles. The Morgan fingerprint density at radius 3 is 2.50 bits per heavy atom. The highest BCUT2D eigenvalue weighted by atomic mass is 35.5. The zero-order valence-electron chi connectivity index (χ0n) is 17.6. The van der Waals surface area contributed by atoms with Gasteiger partial charge >= 0.3 is 0 Å². The van der Waals surface area contributed by atoms with E-state index in [1.165, 1.54) is 36.5 Å². The standard InChI is InChI=1S/C22H18ClN3O6S2/c1-33(29,30)12-13-4-2-5-15(10-13)34(31,32)26-22(28)20-19(16-6-3-9-24-21(16)27)17-11-14(23)7-8-18(17)25-20/h2-11,25H,12H2,1H3,(H,24,27)(H,26,28). The first-order valence-corrected chi connectivity index (χ1v) is 13.7. The quantitative estimate of drug-likeness (QED) is 0.357. The van der Waals surface area contributed by atoms with Crippen LogP contribution >= 0.6 is 11.6 Å². The van der Waals surface area contributed by atoms with Gasteiger partial charge in [0.1, 0.15) is 5.69 Å². The van der Waals surface area contributed by atoms with Crippen molar-refractivity contribution in [3.05, 3.63) is 87.4 Å². The number of sulfonamides is 1. The number of H-pyrrole nitrogens is 2. The van der Waals surface area contributed by atoms with Crippen LogP contribution in [-0.2, 0) is 25.6 Å². The Morgan fingerprint density at radius 1 is 1.03 bits per heavy atom. The Kier molecular flexibility index (Phi) is 6.11. The number of amides is 1. The first-order valence-electron chi connectivity index (χ1n) is 9.78. The van der Waals surface area contributed by atoms with Crippen molar-refractivity contribution >= 4 is 48.3 Å². The number of pyridine rings is 1. The molecule has 1 amide bonds. The van der Waals surface area contributed by atoms with Gasteiger partial charge in [-0.3, -0.25) is 9.59 Å². The molecule has 4 aromatic rings. The van der Waals surface area contributed by atoms with Gasteiger partial charge in [-0.25, -0.2) is 21.6 Å². The molecule has 0 unspecified atom stereocenters. The Bertz CT molecular complexity index is 1710. The average molecular weight is 520 g/mol. The van der Waals surface area contributed by atoms with Gasteiger partial charge < -0.3 is 9.97 Å². The molecule has 0 radical (unpaired) electrons. The summed E-state index contributed by atoms with van der Waals surface area (Å²) in [4.78, 5) is 30.7. The van der Waals surface area contributed by atoms with E-state index in [0.717, 1.165) is 6.26 Å². The molecule has 0 spiro atoms. The van der Waals surface area contributed by atoms with Crippen molar-refractivity contribution < 1.29 is 21.6 Å². The Labute approximate surface area is 199 Å². The van der Waals surface area contributed by atoms with E-state index in [0.29, 0.717) is 15.9 Å². The number of hydrogen-bond donors (Lipinski definition) is 3. The fourth-order valence-corrected chi connectivity index (χ4v) is 5.56. The molecule has 3 N–H and O–H groups in total.